The lowest BCUT2D eigenvalue weighted by atomic mass is 10.1. The van der Waals surface area contributed by atoms with Crippen LogP contribution in [0.5, 0.6) is 0 Å². The fourth-order valence-electron chi connectivity index (χ4n) is 3.50. The van der Waals surface area contributed by atoms with Gasteiger partial charge in [-0.05, 0) is 17.5 Å². The summed E-state index contributed by atoms with van der Waals surface area (Å²) in [5.74, 6) is 0. The largest absolute Gasteiger partial charge is 0.333 e. The number of H-pyrrole nitrogens is 1. The molecule has 0 amide bonds. The predicted molar refractivity (Wildman–Crippen MR) is 111 cm³/mol. The maximum Gasteiger partial charge on any atom is 0.333 e. The van der Waals surface area contributed by atoms with Gasteiger partial charge in [0.1, 0.15) is 0 Å². The number of nitrogens with one attached hydrogen (secondary N) is 1. The van der Waals surface area contributed by atoms with Crippen LogP contribution in [0, 0.1) is 0 Å². The van der Waals surface area contributed by atoms with Gasteiger partial charge in [-0.2, -0.15) is 0 Å². The summed E-state index contributed by atoms with van der Waals surface area (Å²) in [4.78, 5) is 33.2. The van der Waals surface area contributed by atoms with E-state index < -0.39 is 5.69 Å². The van der Waals surface area contributed by atoms with Gasteiger partial charge < -0.3 is 4.98 Å². The van der Waals surface area contributed by atoms with E-state index in [0.717, 1.165) is 16.3 Å². The maximum absolute atomic E-state index is 13.1. The van der Waals surface area contributed by atoms with Gasteiger partial charge in [0.05, 0.1) is 22.3 Å². The fourth-order valence-corrected chi connectivity index (χ4v) is 3.50. The highest BCUT2D eigenvalue weighted by molar-refractivity contribution is 5.90. The van der Waals surface area contributed by atoms with Gasteiger partial charge in [-0.1, -0.05) is 66.7 Å². The minimum atomic E-state index is -0.473. The molecule has 5 heteroatoms. The molecule has 0 unspecified atom stereocenters. The van der Waals surface area contributed by atoms with Crippen molar-refractivity contribution < 1.29 is 0 Å². The average molecular weight is 365 g/mol. The van der Waals surface area contributed by atoms with Crippen LogP contribution in [0.15, 0.2) is 94.6 Å². The van der Waals surface area contributed by atoms with Crippen molar-refractivity contribution in [2.45, 2.75) is 0 Å². The zero-order chi connectivity index (χ0) is 19.1. The minimum Gasteiger partial charge on any atom is -0.306 e. The Hall–Kier alpha value is -3.99. The molecule has 0 radical (unpaired) electrons. The molecule has 5 rings (SSSR count). The Morgan fingerprint density at radius 1 is 0.786 bits per heavy atom. The van der Waals surface area contributed by atoms with E-state index in [9.17, 15) is 9.59 Å². The van der Waals surface area contributed by atoms with Gasteiger partial charge in [0.15, 0.2) is 0 Å². The molecular weight excluding hydrogens is 350 g/mol. The van der Waals surface area contributed by atoms with Gasteiger partial charge in [0.25, 0.3) is 5.56 Å². The standard InChI is InChI=1S/C23H15N3O2/c27-22-18-14-24-19(16-8-2-1-3-9-16)13-20(18)25-23(28)26(22)21-12-6-10-15-7-4-5-11-17(15)21/h1-14H,(H,25,28). The molecule has 0 fully saturated rings. The number of benzene rings is 3. The van der Waals surface area contributed by atoms with Crippen LogP contribution in [0.4, 0.5) is 0 Å². The van der Waals surface area contributed by atoms with E-state index in [-0.39, 0.29) is 5.56 Å². The first kappa shape index (κ1) is 16.2. The summed E-state index contributed by atoms with van der Waals surface area (Å²) < 4.78 is 1.18. The normalized spacial score (nSPS) is 11.1. The Bertz CT molecular complexity index is 1440. The monoisotopic (exact) mass is 365 g/mol. The average Bonchev–Trinajstić information content (AvgIpc) is 2.74. The lowest BCUT2D eigenvalue weighted by Gasteiger charge is -2.10. The fraction of sp³-hybridized carbons (Fsp3) is 0. The molecule has 0 saturated carbocycles. The molecule has 5 aromatic rings. The van der Waals surface area contributed by atoms with E-state index >= 15 is 0 Å². The van der Waals surface area contributed by atoms with Crippen LogP contribution < -0.4 is 11.2 Å². The van der Waals surface area contributed by atoms with Crippen LogP contribution in [0.2, 0.25) is 0 Å². The third-order valence-electron chi connectivity index (χ3n) is 4.86. The van der Waals surface area contributed by atoms with Gasteiger partial charge in [-0.25, -0.2) is 9.36 Å². The van der Waals surface area contributed by atoms with Crippen molar-refractivity contribution in [3.05, 3.63) is 106 Å². The molecule has 0 bridgehead atoms. The van der Waals surface area contributed by atoms with Crippen molar-refractivity contribution in [3.63, 3.8) is 0 Å². The third kappa shape index (κ3) is 2.53. The van der Waals surface area contributed by atoms with Gasteiger partial charge in [-0.3, -0.25) is 9.78 Å². The van der Waals surface area contributed by atoms with E-state index in [0.29, 0.717) is 22.3 Å². The quantitative estimate of drug-likeness (QED) is 0.516. The van der Waals surface area contributed by atoms with Crippen LogP contribution in [-0.2, 0) is 0 Å². The molecule has 1 N–H and O–H groups in total. The molecule has 2 heterocycles. The molecule has 0 saturated heterocycles. The highest BCUT2D eigenvalue weighted by atomic mass is 16.2. The molecule has 0 atom stereocenters. The van der Waals surface area contributed by atoms with Crippen LogP contribution in [0.3, 0.4) is 0 Å². The van der Waals surface area contributed by atoms with Crippen molar-refractivity contribution in [1.29, 1.82) is 0 Å². The lowest BCUT2D eigenvalue weighted by Crippen LogP contribution is -2.33. The van der Waals surface area contributed by atoms with Crippen molar-refractivity contribution in [1.82, 2.24) is 14.5 Å². The lowest BCUT2D eigenvalue weighted by molar-refractivity contribution is 0.907. The van der Waals surface area contributed by atoms with Gasteiger partial charge in [0, 0.05) is 17.1 Å². The Morgan fingerprint density at radius 3 is 2.39 bits per heavy atom. The summed E-state index contributed by atoms with van der Waals surface area (Å²) in [5, 5.41) is 2.17. The first-order chi connectivity index (χ1) is 13.7. The van der Waals surface area contributed by atoms with Gasteiger partial charge in [-0.15, -0.1) is 0 Å². The number of hydrogen-bond acceptors (Lipinski definition) is 3. The molecule has 0 aliphatic carbocycles. The number of pyridine rings is 1. The van der Waals surface area contributed by atoms with Gasteiger partial charge >= 0.3 is 5.69 Å². The molecule has 28 heavy (non-hydrogen) atoms. The van der Waals surface area contributed by atoms with E-state index in [1.165, 1.54) is 10.8 Å². The zero-order valence-corrected chi connectivity index (χ0v) is 14.8. The van der Waals surface area contributed by atoms with E-state index in [2.05, 4.69) is 9.97 Å². The summed E-state index contributed by atoms with van der Waals surface area (Å²) in [6, 6.07) is 24.6. The Labute approximate surface area is 159 Å². The van der Waals surface area contributed by atoms with Crippen LogP contribution in [-0.4, -0.2) is 14.5 Å². The summed E-state index contributed by atoms with van der Waals surface area (Å²) in [6.45, 7) is 0. The molecule has 0 aliphatic heterocycles. The molecule has 5 nitrogen and oxygen atoms in total. The highest BCUT2D eigenvalue weighted by Gasteiger charge is 2.13. The number of fused-ring (bicyclic) bond motifs is 2. The first-order valence-corrected chi connectivity index (χ1v) is 8.91. The number of aromatic amines is 1. The van der Waals surface area contributed by atoms with E-state index in [1.807, 2.05) is 66.7 Å². The van der Waals surface area contributed by atoms with E-state index in [1.54, 1.807) is 12.1 Å². The number of hydrogen-bond donors (Lipinski definition) is 1. The van der Waals surface area contributed by atoms with Crippen LogP contribution in [0.1, 0.15) is 0 Å². The Morgan fingerprint density at radius 2 is 1.54 bits per heavy atom. The Kier molecular flexibility index (Phi) is 3.66. The minimum absolute atomic E-state index is 0.368. The highest BCUT2D eigenvalue weighted by Crippen LogP contribution is 2.22. The van der Waals surface area contributed by atoms with Crippen LogP contribution >= 0.6 is 0 Å². The smallest absolute Gasteiger partial charge is 0.306 e. The summed E-state index contributed by atoms with van der Waals surface area (Å²) in [7, 11) is 0. The first-order valence-electron chi connectivity index (χ1n) is 8.91. The molecule has 2 aromatic heterocycles. The molecular formula is C23H15N3O2. The van der Waals surface area contributed by atoms with Crippen molar-refractivity contribution >= 4 is 21.7 Å². The van der Waals surface area contributed by atoms with Gasteiger partial charge in [0.2, 0.25) is 0 Å². The number of aromatic nitrogens is 3. The second-order valence-corrected chi connectivity index (χ2v) is 6.55. The summed E-state index contributed by atoms with van der Waals surface area (Å²) in [5.41, 5.74) is 1.79. The second-order valence-electron chi connectivity index (χ2n) is 6.55. The number of rotatable bonds is 2. The Balaban J connectivity index is 1.78. The third-order valence-corrected chi connectivity index (χ3v) is 4.86. The van der Waals surface area contributed by atoms with E-state index in [4.69, 9.17) is 0 Å². The molecule has 0 aliphatic rings. The predicted octanol–water partition coefficient (Wildman–Crippen LogP) is 3.89. The summed E-state index contributed by atoms with van der Waals surface area (Å²) in [6.07, 6.45) is 1.53. The van der Waals surface area contributed by atoms with Crippen molar-refractivity contribution in [3.8, 4) is 16.9 Å². The molecule has 0 spiro atoms. The van der Waals surface area contributed by atoms with Crippen molar-refractivity contribution in [2.24, 2.45) is 0 Å². The molecule has 3 aromatic carbocycles. The van der Waals surface area contributed by atoms with Crippen molar-refractivity contribution in [2.75, 3.05) is 0 Å². The zero-order valence-electron chi connectivity index (χ0n) is 14.8. The number of nitrogens with zero attached hydrogens (tertiary/aromatic N) is 2. The summed E-state index contributed by atoms with van der Waals surface area (Å²) >= 11 is 0. The SMILES string of the molecule is O=c1[nH]c2cc(-c3ccccc3)ncc2c(=O)n1-c1cccc2ccccc12. The topological polar surface area (TPSA) is 67.8 Å². The maximum atomic E-state index is 13.1. The second kappa shape index (κ2) is 6.32. The molecule has 134 valence electrons. The van der Waals surface area contributed by atoms with Crippen LogP contribution in [0.25, 0.3) is 38.6 Å².